The zero-order valence-electron chi connectivity index (χ0n) is 12.0. The van der Waals surface area contributed by atoms with E-state index in [1.807, 2.05) is 24.3 Å². The predicted molar refractivity (Wildman–Crippen MR) is 94.1 cm³/mol. The molecule has 4 nitrogen and oxygen atoms in total. The third-order valence-electron chi connectivity index (χ3n) is 3.00. The van der Waals surface area contributed by atoms with Crippen LogP contribution in [0.3, 0.4) is 0 Å². The van der Waals surface area contributed by atoms with Crippen LogP contribution in [0.1, 0.15) is 22.8 Å². The minimum atomic E-state index is -0.312. The van der Waals surface area contributed by atoms with Crippen molar-refractivity contribution < 1.29 is 4.79 Å². The summed E-state index contributed by atoms with van der Waals surface area (Å²) in [6.45, 7) is 2.10. The minimum absolute atomic E-state index is 0.305. The fraction of sp³-hybridized carbons (Fsp3) is 0.125. The van der Waals surface area contributed by atoms with Gasteiger partial charge in [-0.2, -0.15) is 0 Å². The molecule has 6 heteroatoms. The van der Waals surface area contributed by atoms with Crippen molar-refractivity contribution in [3.05, 3.63) is 64.7 Å². The molecule has 0 saturated heterocycles. The van der Waals surface area contributed by atoms with Gasteiger partial charge in [-0.05, 0) is 54.5 Å². The topological polar surface area (TPSA) is 53.2 Å². The van der Waals surface area contributed by atoms with Crippen LogP contribution in [0.4, 0.5) is 5.69 Å². The molecule has 2 aromatic carbocycles. The molecule has 2 rings (SSSR count). The van der Waals surface area contributed by atoms with Crippen LogP contribution in [0.5, 0.6) is 0 Å². The lowest BCUT2D eigenvalue weighted by Gasteiger charge is -2.12. The molecular weight excluding hydrogens is 318 g/mol. The number of anilines is 1. The van der Waals surface area contributed by atoms with Crippen LogP contribution in [0.2, 0.25) is 5.02 Å². The molecule has 0 spiro atoms. The number of benzene rings is 2. The number of carbonyl (C=O) groups excluding carboxylic acids is 1. The summed E-state index contributed by atoms with van der Waals surface area (Å²) in [5.41, 5.74) is 7.73. The zero-order valence-corrected chi connectivity index (χ0v) is 13.6. The summed E-state index contributed by atoms with van der Waals surface area (Å²) in [7, 11) is 0. The molecule has 0 bridgehead atoms. The first-order chi connectivity index (χ1) is 10.6. The van der Waals surface area contributed by atoms with E-state index in [-0.39, 0.29) is 5.91 Å². The Morgan fingerprint density at radius 1 is 1.14 bits per heavy atom. The molecule has 3 N–H and O–H groups in total. The van der Waals surface area contributed by atoms with E-state index < -0.39 is 0 Å². The number of hydrazine groups is 1. The van der Waals surface area contributed by atoms with Gasteiger partial charge < -0.3 is 5.32 Å². The highest BCUT2D eigenvalue weighted by molar-refractivity contribution is 7.80. The van der Waals surface area contributed by atoms with Crippen molar-refractivity contribution in [2.75, 3.05) is 5.32 Å². The molecule has 0 aliphatic carbocycles. The first kappa shape index (κ1) is 16.3. The molecule has 0 atom stereocenters. The largest absolute Gasteiger partial charge is 0.331 e. The van der Waals surface area contributed by atoms with Gasteiger partial charge in [-0.1, -0.05) is 36.7 Å². The zero-order chi connectivity index (χ0) is 15.9. The monoisotopic (exact) mass is 333 g/mol. The van der Waals surface area contributed by atoms with E-state index in [2.05, 4.69) is 23.1 Å². The van der Waals surface area contributed by atoms with Gasteiger partial charge in [0, 0.05) is 16.3 Å². The Labute approximate surface area is 139 Å². The van der Waals surface area contributed by atoms with Crippen molar-refractivity contribution in [1.29, 1.82) is 0 Å². The normalized spacial score (nSPS) is 9.91. The summed E-state index contributed by atoms with van der Waals surface area (Å²) in [6, 6.07) is 14.6. The van der Waals surface area contributed by atoms with Crippen molar-refractivity contribution in [1.82, 2.24) is 10.9 Å². The van der Waals surface area contributed by atoms with E-state index in [9.17, 15) is 4.79 Å². The van der Waals surface area contributed by atoms with E-state index in [0.29, 0.717) is 15.7 Å². The maximum absolute atomic E-state index is 11.9. The van der Waals surface area contributed by atoms with Gasteiger partial charge in [0.15, 0.2) is 5.11 Å². The Morgan fingerprint density at radius 3 is 2.50 bits per heavy atom. The molecule has 2 aromatic rings. The molecule has 0 aromatic heterocycles. The number of hydrogen-bond donors (Lipinski definition) is 3. The fourth-order valence-electron chi connectivity index (χ4n) is 1.80. The van der Waals surface area contributed by atoms with Gasteiger partial charge in [-0.15, -0.1) is 0 Å². The highest BCUT2D eigenvalue weighted by Crippen LogP contribution is 2.11. The maximum Gasteiger partial charge on any atom is 0.269 e. The van der Waals surface area contributed by atoms with Crippen LogP contribution in [-0.2, 0) is 6.42 Å². The highest BCUT2D eigenvalue weighted by atomic mass is 35.5. The lowest BCUT2D eigenvalue weighted by molar-refractivity contribution is 0.0944. The number of amides is 1. The van der Waals surface area contributed by atoms with Gasteiger partial charge in [-0.3, -0.25) is 15.6 Å². The average molecular weight is 334 g/mol. The maximum atomic E-state index is 11.9. The Morgan fingerprint density at radius 2 is 1.86 bits per heavy atom. The number of nitrogens with one attached hydrogen (secondary N) is 3. The van der Waals surface area contributed by atoms with Crippen molar-refractivity contribution in [3.8, 4) is 0 Å². The van der Waals surface area contributed by atoms with Crippen LogP contribution in [-0.4, -0.2) is 11.0 Å². The van der Waals surface area contributed by atoms with E-state index in [0.717, 1.165) is 12.1 Å². The van der Waals surface area contributed by atoms with E-state index in [1.54, 1.807) is 24.3 Å². The third kappa shape index (κ3) is 4.72. The first-order valence-electron chi connectivity index (χ1n) is 6.80. The second-order valence-electron chi connectivity index (χ2n) is 4.59. The summed E-state index contributed by atoms with van der Waals surface area (Å²) >= 11 is 11.0. The first-order valence-corrected chi connectivity index (χ1v) is 7.59. The molecule has 22 heavy (non-hydrogen) atoms. The van der Waals surface area contributed by atoms with Crippen LogP contribution < -0.4 is 16.2 Å². The molecule has 0 aliphatic rings. The smallest absolute Gasteiger partial charge is 0.269 e. The summed E-state index contributed by atoms with van der Waals surface area (Å²) < 4.78 is 0. The SMILES string of the molecule is CCc1ccc(NC(=S)NNC(=O)c2cccc(Cl)c2)cc1. The lowest BCUT2D eigenvalue weighted by Crippen LogP contribution is -2.43. The Hall–Kier alpha value is -2.11. The molecule has 0 radical (unpaired) electrons. The second-order valence-corrected chi connectivity index (χ2v) is 5.44. The molecule has 114 valence electrons. The van der Waals surface area contributed by atoms with E-state index >= 15 is 0 Å². The summed E-state index contributed by atoms with van der Waals surface area (Å²) in [4.78, 5) is 11.9. The predicted octanol–water partition coefficient (Wildman–Crippen LogP) is 3.53. The van der Waals surface area contributed by atoms with Crippen LogP contribution in [0.15, 0.2) is 48.5 Å². The molecule has 0 unspecified atom stereocenters. The number of hydrogen-bond acceptors (Lipinski definition) is 2. The molecule has 0 fully saturated rings. The van der Waals surface area contributed by atoms with Gasteiger partial charge in [0.1, 0.15) is 0 Å². The number of rotatable bonds is 3. The number of aryl methyl sites for hydroxylation is 1. The molecule has 0 heterocycles. The Kier molecular flexibility index (Phi) is 5.75. The second kappa shape index (κ2) is 7.77. The van der Waals surface area contributed by atoms with Gasteiger partial charge in [-0.25, -0.2) is 0 Å². The summed E-state index contributed by atoms with van der Waals surface area (Å²) in [6.07, 6.45) is 0.985. The van der Waals surface area contributed by atoms with Gasteiger partial charge >= 0.3 is 0 Å². The van der Waals surface area contributed by atoms with Crippen molar-refractivity contribution in [2.45, 2.75) is 13.3 Å². The Bertz CT molecular complexity index is 673. The van der Waals surface area contributed by atoms with Crippen molar-refractivity contribution in [2.24, 2.45) is 0 Å². The third-order valence-corrected chi connectivity index (χ3v) is 3.44. The number of carbonyl (C=O) groups is 1. The fourth-order valence-corrected chi connectivity index (χ4v) is 2.16. The molecule has 0 aliphatic heterocycles. The van der Waals surface area contributed by atoms with Gasteiger partial charge in [0.05, 0.1) is 0 Å². The van der Waals surface area contributed by atoms with Crippen molar-refractivity contribution in [3.63, 3.8) is 0 Å². The van der Waals surface area contributed by atoms with Crippen molar-refractivity contribution >= 4 is 40.5 Å². The minimum Gasteiger partial charge on any atom is -0.331 e. The quantitative estimate of drug-likeness (QED) is 0.594. The molecule has 1 amide bonds. The van der Waals surface area contributed by atoms with Gasteiger partial charge in [0.2, 0.25) is 0 Å². The lowest BCUT2D eigenvalue weighted by atomic mass is 10.1. The van der Waals surface area contributed by atoms with Crippen LogP contribution >= 0.6 is 23.8 Å². The van der Waals surface area contributed by atoms with Crippen LogP contribution in [0.25, 0.3) is 0 Å². The molecular formula is C16H16ClN3OS. The summed E-state index contributed by atoms with van der Waals surface area (Å²) in [5, 5.41) is 3.80. The van der Waals surface area contributed by atoms with Gasteiger partial charge in [0.25, 0.3) is 5.91 Å². The van der Waals surface area contributed by atoms with E-state index in [1.165, 1.54) is 5.56 Å². The molecule has 0 saturated carbocycles. The number of thiocarbonyl (C=S) groups is 1. The highest BCUT2D eigenvalue weighted by Gasteiger charge is 2.06. The summed E-state index contributed by atoms with van der Waals surface area (Å²) in [5.74, 6) is -0.312. The standard InChI is InChI=1S/C16H16ClN3OS/c1-2-11-6-8-14(9-7-11)18-16(22)20-19-15(21)12-4-3-5-13(17)10-12/h3-10H,2H2,1H3,(H,19,21)(H2,18,20,22). The number of halogens is 1. The van der Waals surface area contributed by atoms with E-state index in [4.69, 9.17) is 23.8 Å². The Balaban J connectivity index is 1.85. The van der Waals surface area contributed by atoms with Crippen LogP contribution in [0, 0.1) is 0 Å². The average Bonchev–Trinajstić information content (AvgIpc) is 2.53.